The molecule has 0 aromatic heterocycles. The van der Waals surface area contributed by atoms with Crippen LogP contribution in [0.5, 0.6) is 0 Å². The number of rotatable bonds is 3. The highest BCUT2D eigenvalue weighted by Crippen LogP contribution is 2.19. The molecule has 6 heteroatoms. The fourth-order valence-electron chi connectivity index (χ4n) is 1.97. The van der Waals surface area contributed by atoms with Gasteiger partial charge in [-0.15, -0.1) is 0 Å². The van der Waals surface area contributed by atoms with Gasteiger partial charge in [0.05, 0.1) is 22.7 Å². The molecule has 0 bridgehead atoms. The highest BCUT2D eigenvalue weighted by Gasteiger charge is 2.29. The molecule has 2 rings (SSSR count). The first kappa shape index (κ1) is 13.3. The Morgan fingerprint density at radius 2 is 2.33 bits per heavy atom. The molecule has 1 saturated heterocycles. The minimum absolute atomic E-state index is 0.0821. The molecule has 1 heterocycles. The van der Waals surface area contributed by atoms with Gasteiger partial charge in [-0.3, -0.25) is 4.79 Å². The van der Waals surface area contributed by atoms with Gasteiger partial charge in [0.15, 0.2) is 0 Å². The molecule has 1 aromatic carbocycles. The highest BCUT2D eigenvalue weighted by atomic mass is 35.5. The number of carbonyl (C=O) groups excluding carboxylic acids is 1. The molecule has 98 valence electrons. The maximum absolute atomic E-state index is 13.2. The number of ether oxygens (including phenoxy) is 1. The van der Waals surface area contributed by atoms with Crippen LogP contribution in [0.15, 0.2) is 18.2 Å². The Hall–Kier alpha value is -1.17. The summed E-state index contributed by atoms with van der Waals surface area (Å²) in [4.78, 5) is 12.0. The maximum atomic E-state index is 13.2. The standard InChI is InChI=1S/C12H14ClFN2O2/c1-18-10-6-15-5-9(10)16-12(17)7-3-2-4-8(14)11(7)13/h2-4,9-10,15H,5-6H2,1H3,(H,16,17)/t9?,10-/m0/s1. The van der Waals surface area contributed by atoms with Crippen LogP contribution in [0.1, 0.15) is 10.4 Å². The molecule has 0 spiro atoms. The predicted molar refractivity (Wildman–Crippen MR) is 66.3 cm³/mol. The van der Waals surface area contributed by atoms with Crippen molar-refractivity contribution in [1.82, 2.24) is 10.6 Å². The van der Waals surface area contributed by atoms with Gasteiger partial charge in [-0.1, -0.05) is 17.7 Å². The van der Waals surface area contributed by atoms with Gasteiger partial charge in [-0.2, -0.15) is 0 Å². The van der Waals surface area contributed by atoms with Crippen molar-refractivity contribution in [3.05, 3.63) is 34.6 Å². The molecule has 0 radical (unpaired) electrons. The van der Waals surface area contributed by atoms with Crippen LogP contribution in [0.4, 0.5) is 4.39 Å². The highest BCUT2D eigenvalue weighted by molar-refractivity contribution is 6.34. The Kier molecular flexibility index (Phi) is 4.16. The predicted octanol–water partition coefficient (Wildman–Crippen LogP) is 1.20. The molecular weight excluding hydrogens is 259 g/mol. The number of hydrogen-bond donors (Lipinski definition) is 2. The van der Waals surface area contributed by atoms with Crippen LogP contribution in [0.3, 0.4) is 0 Å². The average Bonchev–Trinajstić information content (AvgIpc) is 2.79. The van der Waals surface area contributed by atoms with Crippen molar-refractivity contribution in [3.63, 3.8) is 0 Å². The van der Waals surface area contributed by atoms with Gasteiger partial charge in [-0.05, 0) is 12.1 Å². The van der Waals surface area contributed by atoms with Crippen LogP contribution >= 0.6 is 11.6 Å². The number of benzene rings is 1. The van der Waals surface area contributed by atoms with E-state index in [1.54, 1.807) is 7.11 Å². The largest absolute Gasteiger partial charge is 0.378 e. The molecule has 1 unspecified atom stereocenters. The van der Waals surface area contributed by atoms with E-state index in [2.05, 4.69) is 10.6 Å². The van der Waals surface area contributed by atoms with Crippen LogP contribution in [0, 0.1) is 5.82 Å². The van der Waals surface area contributed by atoms with Gasteiger partial charge >= 0.3 is 0 Å². The molecule has 18 heavy (non-hydrogen) atoms. The third-order valence-electron chi connectivity index (χ3n) is 2.97. The molecule has 0 saturated carbocycles. The molecule has 2 atom stereocenters. The van der Waals surface area contributed by atoms with Gasteiger partial charge in [-0.25, -0.2) is 4.39 Å². The lowest BCUT2D eigenvalue weighted by molar-refractivity contribution is 0.0779. The molecule has 4 nitrogen and oxygen atoms in total. The third-order valence-corrected chi connectivity index (χ3v) is 3.36. The smallest absolute Gasteiger partial charge is 0.253 e. The van der Waals surface area contributed by atoms with E-state index in [4.69, 9.17) is 16.3 Å². The summed E-state index contributed by atoms with van der Waals surface area (Å²) in [6.07, 6.45) is -0.0821. The fourth-order valence-corrected chi connectivity index (χ4v) is 2.18. The van der Waals surface area contributed by atoms with Crippen molar-refractivity contribution < 1.29 is 13.9 Å². The zero-order chi connectivity index (χ0) is 13.1. The van der Waals surface area contributed by atoms with Crippen LogP contribution in [0.2, 0.25) is 5.02 Å². The lowest BCUT2D eigenvalue weighted by atomic mass is 10.1. The first-order valence-electron chi connectivity index (χ1n) is 5.62. The second kappa shape index (κ2) is 5.65. The van der Waals surface area contributed by atoms with E-state index in [9.17, 15) is 9.18 Å². The Labute approximate surface area is 109 Å². The Morgan fingerprint density at radius 1 is 1.56 bits per heavy atom. The molecule has 1 aromatic rings. The second-order valence-corrected chi connectivity index (χ2v) is 4.49. The van der Waals surface area contributed by atoms with Crippen molar-refractivity contribution in [2.75, 3.05) is 20.2 Å². The summed E-state index contributed by atoms with van der Waals surface area (Å²) in [6.45, 7) is 1.30. The summed E-state index contributed by atoms with van der Waals surface area (Å²) in [5.74, 6) is -0.993. The van der Waals surface area contributed by atoms with Gasteiger partial charge < -0.3 is 15.4 Å². The monoisotopic (exact) mass is 272 g/mol. The number of halogens is 2. The van der Waals surface area contributed by atoms with E-state index < -0.39 is 11.7 Å². The first-order valence-corrected chi connectivity index (χ1v) is 5.99. The Morgan fingerprint density at radius 3 is 3.06 bits per heavy atom. The molecule has 1 fully saturated rings. The van der Waals surface area contributed by atoms with Crippen molar-refractivity contribution in [1.29, 1.82) is 0 Å². The van der Waals surface area contributed by atoms with Gasteiger partial charge in [0.25, 0.3) is 5.91 Å². The van der Waals surface area contributed by atoms with E-state index in [1.807, 2.05) is 0 Å². The van der Waals surface area contributed by atoms with Gasteiger partial charge in [0.1, 0.15) is 5.82 Å². The maximum Gasteiger partial charge on any atom is 0.253 e. The molecule has 2 N–H and O–H groups in total. The minimum Gasteiger partial charge on any atom is -0.378 e. The summed E-state index contributed by atoms with van der Waals surface area (Å²) in [7, 11) is 1.59. The van der Waals surface area contributed by atoms with Crippen LogP contribution in [-0.2, 0) is 4.74 Å². The van der Waals surface area contributed by atoms with Crippen LogP contribution in [-0.4, -0.2) is 38.3 Å². The summed E-state index contributed by atoms with van der Waals surface area (Å²) >= 11 is 5.76. The number of hydrogen-bond acceptors (Lipinski definition) is 3. The van der Waals surface area contributed by atoms with E-state index in [1.165, 1.54) is 18.2 Å². The van der Waals surface area contributed by atoms with Crippen molar-refractivity contribution in [2.24, 2.45) is 0 Å². The normalized spacial score (nSPS) is 23.1. The fraction of sp³-hybridized carbons (Fsp3) is 0.417. The minimum atomic E-state index is -0.600. The summed E-state index contributed by atoms with van der Waals surface area (Å²) in [5.41, 5.74) is 0.137. The lowest BCUT2D eigenvalue weighted by Gasteiger charge is -2.18. The second-order valence-electron chi connectivity index (χ2n) is 4.11. The summed E-state index contributed by atoms with van der Waals surface area (Å²) in [6, 6.07) is 4.03. The number of methoxy groups -OCH3 is 1. The first-order chi connectivity index (χ1) is 8.63. The van der Waals surface area contributed by atoms with Gasteiger partial charge in [0, 0.05) is 20.2 Å². The number of carbonyl (C=O) groups is 1. The number of nitrogens with one attached hydrogen (secondary N) is 2. The van der Waals surface area contributed by atoms with Crippen LogP contribution < -0.4 is 10.6 Å². The van der Waals surface area contributed by atoms with Gasteiger partial charge in [0.2, 0.25) is 0 Å². The molecule has 1 aliphatic rings. The Balaban J connectivity index is 2.10. The number of amides is 1. The zero-order valence-corrected chi connectivity index (χ0v) is 10.6. The summed E-state index contributed by atoms with van der Waals surface area (Å²) < 4.78 is 18.5. The topological polar surface area (TPSA) is 50.4 Å². The average molecular weight is 273 g/mol. The molecular formula is C12H14ClFN2O2. The third kappa shape index (κ3) is 2.63. The lowest BCUT2D eigenvalue weighted by Crippen LogP contribution is -2.43. The van der Waals surface area contributed by atoms with E-state index in [-0.39, 0.29) is 22.7 Å². The Bertz CT molecular complexity index is 456. The van der Waals surface area contributed by atoms with Crippen LogP contribution in [0.25, 0.3) is 0 Å². The van der Waals surface area contributed by atoms with Crippen molar-refractivity contribution >= 4 is 17.5 Å². The van der Waals surface area contributed by atoms with E-state index in [0.29, 0.717) is 13.1 Å². The van der Waals surface area contributed by atoms with E-state index >= 15 is 0 Å². The molecule has 1 amide bonds. The van der Waals surface area contributed by atoms with E-state index in [0.717, 1.165) is 0 Å². The van der Waals surface area contributed by atoms with Crippen molar-refractivity contribution in [3.8, 4) is 0 Å². The molecule has 0 aliphatic carbocycles. The summed E-state index contributed by atoms with van der Waals surface area (Å²) in [5, 5.41) is 5.74. The quantitative estimate of drug-likeness (QED) is 0.869. The SMILES string of the molecule is CO[C@H]1CNCC1NC(=O)c1cccc(F)c1Cl. The zero-order valence-electron chi connectivity index (χ0n) is 9.87. The molecule has 1 aliphatic heterocycles. The van der Waals surface area contributed by atoms with Crippen molar-refractivity contribution in [2.45, 2.75) is 12.1 Å².